The summed E-state index contributed by atoms with van der Waals surface area (Å²) in [4.78, 5) is 26.3. The van der Waals surface area contributed by atoms with Crippen LogP contribution in [0.4, 0.5) is 0 Å². The Labute approximate surface area is 158 Å². The minimum Gasteiger partial charge on any atom is -0.423 e. The summed E-state index contributed by atoms with van der Waals surface area (Å²) >= 11 is 0. The van der Waals surface area contributed by atoms with Gasteiger partial charge < -0.3 is 15.0 Å². The van der Waals surface area contributed by atoms with Crippen molar-refractivity contribution in [3.05, 3.63) is 65.9 Å². The molecule has 0 bridgehead atoms. The van der Waals surface area contributed by atoms with Crippen LogP contribution < -0.4 is 15.5 Å². The Morgan fingerprint density at radius 3 is 2.70 bits per heavy atom. The zero-order valence-electron chi connectivity index (χ0n) is 15.0. The largest absolute Gasteiger partial charge is 0.423 e. The monoisotopic (exact) mass is 358 g/mol. The first kappa shape index (κ1) is 18.5. The molecule has 134 valence electrons. The Kier molecular flexibility index (Phi) is 5.76. The van der Waals surface area contributed by atoms with E-state index in [9.17, 15) is 9.59 Å². The Bertz CT molecular complexity index is 990. The number of nitrogens with one attached hydrogen (secondary N) is 2. The van der Waals surface area contributed by atoms with E-state index in [0.717, 1.165) is 22.0 Å². The molecule has 3 rings (SSSR count). The van der Waals surface area contributed by atoms with E-state index in [1.807, 2.05) is 30.5 Å². The molecular formula is C21H19BN2O3. The fourth-order valence-corrected chi connectivity index (χ4v) is 2.72. The maximum atomic E-state index is 12.1. The molecule has 27 heavy (non-hydrogen) atoms. The summed E-state index contributed by atoms with van der Waals surface area (Å²) in [5.41, 5.74) is 3.53. The average molecular weight is 358 g/mol. The number of carbonyl (C=O) groups is 2. The van der Waals surface area contributed by atoms with Gasteiger partial charge in [-0.05, 0) is 41.8 Å². The highest BCUT2D eigenvalue weighted by atomic mass is 16.5. The molecule has 0 unspecified atom stereocenters. The minimum absolute atomic E-state index is 0.0580. The van der Waals surface area contributed by atoms with Gasteiger partial charge in [0, 0.05) is 36.6 Å². The third-order valence-electron chi connectivity index (χ3n) is 4.07. The SMILES string of the molecule is [B]c1ccc(/C=C/C(=O)Oc2ccc3[nH]cc(CCNC(C)=O)c3c2)cc1. The van der Waals surface area contributed by atoms with Gasteiger partial charge in [-0.25, -0.2) is 4.79 Å². The predicted molar refractivity (Wildman–Crippen MR) is 107 cm³/mol. The molecule has 1 heterocycles. The van der Waals surface area contributed by atoms with E-state index in [2.05, 4.69) is 10.3 Å². The molecule has 2 aromatic carbocycles. The first-order valence-corrected chi connectivity index (χ1v) is 8.61. The highest BCUT2D eigenvalue weighted by Crippen LogP contribution is 2.24. The topological polar surface area (TPSA) is 71.2 Å². The van der Waals surface area contributed by atoms with E-state index in [1.54, 1.807) is 24.3 Å². The van der Waals surface area contributed by atoms with Crippen LogP contribution >= 0.6 is 0 Å². The lowest BCUT2D eigenvalue weighted by atomic mass is 9.95. The van der Waals surface area contributed by atoms with Gasteiger partial charge in [0.25, 0.3) is 0 Å². The second-order valence-electron chi connectivity index (χ2n) is 6.18. The van der Waals surface area contributed by atoms with Crippen LogP contribution in [0.5, 0.6) is 5.75 Å². The molecule has 3 aromatic rings. The molecule has 0 fully saturated rings. The first-order chi connectivity index (χ1) is 13.0. The van der Waals surface area contributed by atoms with Crippen molar-refractivity contribution in [1.29, 1.82) is 0 Å². The van der Waals surface area contributed by atoms with Crippen LogP contribution in [0, 0.1) is 0 Å². The van der Waals surface area contributed by atoms with Gasteiger partial charge in [-0.15, -0.1) is 0 Å². The van der Waals surface area contributed by atoms with Gasteiger partial charge in [0.2, 0.25) is 5.91 Å². The van der Waals surface area contributed by atoms with Crippen LogP contribution in [-0.4, -0.2) is 31.3 Å². The maximum Gasteiger partial charge on any atom is 0.336 e. The summed E-state index contributed by atoms with van der Waals surface area (Å²) < 4.78 is 5.40. The second-order valence-corrected chi connectivity index (χ2v) is 6.18. The molecule has 0 aliphatic rings. The quantitative estimate of drug-likeness (QED) is 0.307. The van der Waals surface area contributed by atoms with Crippen molar-refractivity contribution < 1.29 is 14.3 Å². The van der Waals surface area contributed by atoms with Crippen LogP contribution in [0.1, 0.15) is 18.1 Å². The molecule has 2 N–H and O–H groups in total. The Morgan fingerprint density at radius 2 is 1.96 bits per heavy atom. The van der Waals surface area contributed by atoms with Crippen LogP contribution in [-0.2, 0) is 16.0 Å². The van der Waals surface area contributed by atoms with Crippen molar-refractivity contribution >= 4 is 42.2 Å². The number of carbonyl (C=O) groups excluding carboxylic acids is 2. The molecular weight excluding hydrogens is 339 g/mol. The summed E-state index contributed by atoms with van der Waals surface area (Å²) in [6.45, 7) is 2.04. The molecule has 0 saturated carbocycles. The van der Waals surface area contributed by atoms with Crippen molar-refractivity contribution in [2.75, 3.05) is 6.54 Å². The summed E-state index contributed by atoms with van der Waals surface area (Å²) in [6, 6.07) is 12.6. The zero-order valence-corrected chi connectivity index (χ0v) is 15.0. The lowest BCUT2D eigenvalue weighted by Gasteiger charge is -2.04. The number of H-pyrrole nitrogens is 1. The van der Waals surface area contributed by atoms with Gasteiger partial charge in [0.05, 0.1) is 0 Å². The molecule has 0 spiro atoms. The first-order valence-electron chi connectivity index (χ1n) is 8.61. The molecule has 1 aromatic heterocycles. The van der Waals surface area contributed by atoms with E-state index < -0.39 is 5.97 Å². The van der Waals surface area contributed by atoms with Crippen molar-refractivity contribution in [2.24, 2.45) is 0 Å². The van der Waals surface area contributed by atoms with Gasteiger partial charge in [-0.3, -0.25) is 4.79 Å². The highest BCUT2D eigenvalue weighted by molar-refractivity contribution is 6.32. The summed E-state index contributed by atoms with van der Waals surface area (Å²) in [6.07, 6.45) is 5.65. The zero-order chi connectivity index (χ0) is 19.2. The number of amides is 1. The Morgan fingerprint density at radius 1 is 1.19 bits per heavy atom. The number of benzene rings is 2. The normalized spacial score (nSPS) is 11.0. The van der Waals surface area contributed by atoms with E-state index in [4.69, 9.17) is 12.6 Å². The molecule has 6 heteroatoms. The fraction of sp³-hybridized carbons (Fsp3) is 0.143. The van der Waals surface area contributed by atoms with E-state index in [-0.39, 0.29) is 5.91 Å². The van der Waals surface area contributed by atoms with Crippen molar-refractivity contribution in [2.45, 2.75) is 13.3 Å². The van der Waals surface area contributed by atoms with Crippen molar-refractivity contribution in [3.63, 3.8) is 0 Å². The lowest BCUT2D eigenvalue weighted by Crippen LogP contribution is -2.22. The predicted octanol–water partition coefficient (Wildman–Crippen LogP) is 2.26. The maximum absolute atomic E-state index is 12.1. The van der Waals surface area contributed by atoms with Crippen LogP contribution in [0.25, 0.3) is 17.0 Å². The molecule has 2 radical (unpaired) electrons. The molecule has 0 saturated heterocycles. The summed E-state index contributed by atoms with van der Waals surface area (Å²) in [5, 5.41) is 3.74. The fourth-order valence-electron chi connectivity index (χ4n) is 2.72. The van der Waals surface area contributed by atoms with Crippen molar-refractivity contribution in [3.8, 4) is 5.75 Å². The third-order valence-corrected chi connectivity index (χ3v) is 4.07. The molecule has 5 nitrogen and oxygen atoms in total. The Balaban J connectivity index is 1.68. The number of hydrogen-bond donors (Lipinski definition) is 2. The number of fused-ring (bicyclic) bond motifs is 1. The van der Waals surface area contributed by atoms with Crippen molar-refractivity contribution in [1.82, 2.24) is 10.3 Å². The molecule has 1 amide bonds. The van der Waals surface area contributed by atoms with Crippen LogP contribution in [0.3, 0.4) is 0 Å². The number of ether oxygens (including phenoxy) is 1. The standard InChI is InChI=1S/C21H19BN2O3/c1-14(25)23-11-10-16-13-24-20-8-7-18(12-19(16)20)27-21(26)9-4-15-2-5-17(22)6-3-15/h2-9,12-13,24H,10-11H2,1H3,(H,23,25)/b9-4+. The number of aromatic nitrogens is 1. The Hall–Kier alpha value is -3.28. The minimum atomic E-state index is -0.457. The molecule has 0 atom stereocenters. The van der Waals surface area contributed by atoms with Crippen LogP contribution in [0.15, 0.2) is 54.7 Å². The average Bonchev–Trinajstić information content (AvgIpc) is 3.03. The number of rotatable bonds is 6. The molecule has 0 aliphatic heterocycles. The smallest absolute Gasteiger partial charge is 0.336 e. The number of hydrogen-bond acceptors (Lipinski definition) is 3. The second kappa shape index (κ2) is 8.40. The van der Waals surface area contributed by atoms with Gasteiger partial charge in [-0.2, -0.15) is 0 Å². The summed E-state index contributed by atoms with van der Waals surface area (Å²) in [5.74, 6) is -0.0475. The van der Waals surface area contributed by atoms with Gasteiger partial charge >= 0.3 is 5.97 Å². The van der Waals surface area contributed by atoms with Gasteiger partial charge in [-0.1, -0.05) is 29.7 Å². The third kappa shape index (κ3) is 5.11. The summed E-state index contributed by atoms with van der Waals surface area (Å²) in [7, 11) is 5.64. The van der Waals surface area contributed by atoms with Gasteiger partial charge in [0.1, 0.15) is 13.6 Å². The highest BCUT2D eigenvalue weighted by Gasteiger charge is 2.07. The lowest BCUT2D eigenvalue weighted by molar-refractivity contribution is -0.128. The number of esters is 1. The van der Waals surface area contributed by atoms with E-state index in [0.29, 0.717) is 24.2 Å². The van der Waals surface area contributed by atoms with E-state index >= 15 is 0 Å². The molecule has 0 aliphatic carbocycles. The number of aromatic amines is 1. The van der Waals surface area contributed by atoms with E-state index in [1.165, 1.54) is 13.0 Å². The van der Waals surface area contributed by atoms with Gasteiger partial charge in [0.15, 0.2) is 0 Å². The van der Waals surface area contributed by atoms with Crippen LogP contribution in [0.2, 0.25) is 0 Å².